The maximum absolute atomic E-state index is 5.48. The number of pyridine rings is 1. The van der Waals surface area contributed by atoms with Gasteiger partial charge in [0.25, 0.3) is 0 Å². The van der Waals surface area contributed by atoms with Gasteiger partial charge in [-0.2, -0.15) is 0 Å². The van der Waals surface area contributed by atoms with Crippen LogP contribution in [0, 0.1) is 5.92 Å². The van der Waals surface area contributed by atoms with Gasteiger partial charge in [-0.3, -0.25) is 4.98 Å². The van der Waals surface area contributed by atoms with Crippen LogP contribution in [0.5, 0.6) is 0 Å². The van der Waals surface area contributed by atoms with Crippen molar-refractivity contribution in [2.45, 2.75) is 19.8 Å². The second-order valence-corrected chi connectivity index (χ2v) is 4.27. The zero-order valence-electron chi connectivity index (χ0n) is 7.83. The van der Waals surface area contributed by atoms with Crippen LogP contribution in [0.15, 0.2) is 22.8 Å². The Hall–Kier alpha value is -0.410. The first-order valence-corrected chi connectivity index (χ1v) is 5.32. The Morgan fingerprint density at radius 2 is 2.31 bits per heavy atom. The van der Waals surface area contributed by atoms with E-state index in [4.69, 9.17) is 5.73 Å². The maximum atomic E-state index is 5.48. The molecule has 0 aliphatic heterocycles. The van der Waals surface area contributed by atoms with Gasteiger partial charge in [-0.05, 0) is 53.4 Å². The largest absolute Gasteiger partial charge is 0.330 e. The molecule has 1 unspecified atom stereocenters. The topological polar surface area (TPSA) is 38.9 Å². The Morgan fingerprint density at radius 3 is 2.85 bits per heavy atom. The lowest BCUT2D eigenvalue weighted by atomic mass is 10.0. The Bertz CT molecular complexity index is 246. The van der Waals surface area contributed by atoms with E-state index in [0.29, 0.717) is 5.92 Å². The summed E-state index contributed by atoms with van der Waals surface area (Å²) in [5, 5.41) is 0. The molecule has 0 saturated heterocycles. The fraction of sp³-hybridized carbons (Fsp3) is 0.500. The van der Waals surface area contributed by atoms with E-state index < -0.39 is 0 Å². The highest BCUT2D eigenvalue weighted by Gasteiger charge is 2.03. The van der Waals surface area contributed by atoms with Gasteiger partial charge in [0.05, 0.1) is 0 Å². The molecule has 2 N–H and O–H groups in total. The van der Waals surface area contributed by atoms with Crippen LogP contribution in [0.1, 0.15) is 19.0 Å². The van der Waals surface area contributed by atoms with Crippen LogP contribution in [0.2, 0.25) is 0 Å². The molecule has 1 atom stereocenters. The Morgan fingerprint density at radius 1 is 1.54 bits per heavy atom. The first-order chi connectivity index (χ1) is 6.22. The second-order valence-electron chi connectivity index (χ2n) is 3.35. The molecule has 2 nitrogen and oxygen atoms in total. The minimum atomic E-state index is 0.624. The zero-order valence-corrected chi connectivity index (χ0v) is 9.42. The minimum Gasteiger partial charge on any atom is -0.330 e. The molecule has 0 amide bonds. The van der Waals surface area contributed by atoms with Crippen molar-refractivity contribution < 1.29 is 0 Å². The van der Waals surface area contributed by atoms with Crippen LogP contribution in [0.3, 0.4) is 0 Å². The summed E-state index contributed by atoms with van der Waals surface area (Å²) in [6, 6.07) is 4.08. The van der Waals surface area contributed by atoms with Gasteiger partial charge in [0.2, 0.25) is 0 Å². The minimum absolute atomic E-state index is 0.624. The number of nitrogens with zero attached hydrogens (tertiary/aromatic N) is 1. The Labute approximate surface area is 87.7 Å². The zero-order chi connectivity index (χ0) is 9.68. The van der Waals surface area contributed by atoms with Gasteiger partial charge >= 0.3 is 0 Å². The van der Waals surface area contributed by atoms with Crippen LogP contribution < -0.4 is 5.73 Å². The quantitative estimate of drug-likeness (QED) is 0.881. The van der Waals surface area contributed by atoms with Crippen LogP contribution in [-0.2, 0) is 6.42 Å². The molecular weight excluding hydrogens is 228 g/mol. The van der Waals surface area contributed by atoms with Crippen molar-refractivity contribution in [3.63, 3.8) is 0 Å². The molecular formula is C10H15BrN2. The molecule has 1 heterocycles. The third-order valence-corrected chi connectivity index (χ3v) is 2.47. The summed E-state index contributed by atoms with van der Waals surface area (Å²) >= 11 is 3.36. The normalized spacial score (nSPS) is 12.8. The number of rotatable bonds is 4. The summed E-state index contributed by atoms with van der Waals surface area (Å²) in [5.74, 6) is 0.624. The highest BCUT2D eigenvalue weighted by atomic mass is 79.9. The smallest absolute Gasteiger partial charge is 0.0413 e. The van der Waals surface area contributed by atoms with Crippen molar-refractivity contribution in [2.24, 2.45) is 11.7 Å². The fourth-order valence-electron chi connectivity index (χ4n) is 1.27. The summed E-state index contributed by atoms with van der Waals surface area (Å²) in [5.41, 5.74) is 6.62. The van der Waals surface area contributed by atoms with Crippen LogP contribution in [0.4, 0.5) is 0 Å². The third-order valence-electron chi connectivity index (χ3n) is 2.01. The highest BCUT2D eigenvalue weighted by Crippen LogP contribution is 2.12. The summed E-state index contributed by atoms with van der Waals surface area (Å²) < 4.78 is 1.03. The summed E-state index contributed by atoms with van der Waals surface area (Å²) in [7, 11) is 0. The number of halogens is 1. The first kappa shape index (κ1) is 10.7. The molecule has 1 rings (SSSR count). The Kier molecular flexibility index (Phi) is 4.39. The summed E-state index contributed by atoms with van der Waals surface area (Å²) in [4.78, 5) is 4.31. The van der Waals surface area contributed by atoms with Gasteiger partial charge in [0.15, 0.2) is 0 Å². The predicted molar refractivity (Wildman–Crippen MR) is 58.5 cm³/mol. The van der Waals surface area contributed by atoms with Crippen LogP contribution in [0.25, 0.3) is 0 Å². The van der Waals surface area contributed by atoms with E-state index >= 15 is 0 Å². The standard InChI is InChI=1S/C10H15BrN2/c1-8(4-5-12)6-10-3-2-9(11)7-13-10/h2-3,7-8H,4-6,12H2,1H3. The molecule has 0 aliphatic rings. The molecule has 0 spiro atoms. The van der Waals surface area contributed by atoms with E-state index in [1.54, 1.807) is 0 Å². The van der Waals surface area contributed by atoms with Crippen LogP contribution >= 0.6 is 15.9 Å². The molecule has 3 heteroatoms. The van der Waals surface area contributed by atoms with Crippen molar-refractivity contribution in [2.75, 3.05) is 6.54 Å². The monoisotopic (exact) mass is 242 g/mol. The lowest BCUT2D eigenvalue weighted by molar-refractivity contribution is 0.532. The number of hydrogen-bond donors (Lipinski definition) is 1. The number of nitrogens with two attached hydrogens (primary N) is 1. The third kappa shape index (κ3) is 3.87. The van der Waals surface area contributed by atoms with E-state index in [1.165, 1.54) is 0 Å². The molecule has 13 heavy (non-hydrogen) atoms. The molecule has 0 aromatic carbocycles. The van der Waals surface area contributed by atoms with E-state index in [0.717, 1.165) is 29.6 Å². The van der Waals surface area contributed by atoms with Crippen molar-refractivity contribution >= 4 is 15.9 Å². The van der Waals surface area contributed by atoms with Gasteiger partial charge in [0, 0.05) is 16.4 Å². The second kappa shape index (κ2) is 5.35. The van der Waals surface area contributed by atoms with Crippen molar-refractivity contribution in [1.29, 1.82) is 0 Å². The van der Waals surface area contributed by atoms with Gasteiger partial charge in [-0.15, -0.1) is 0 Å². The molecule has 72 valence electrons. The lowest BCUT2D eigenvalue weighted by Crippen LogP contribution is -2.08. The van der Waals surface area contributed by atoms with Crippen molar-refractivity contribution in [3.8, 4) is 0 Å². The van der Waals surface area contributed by atoms with Gasteiger partial charge in [-0.25, -0.2) is 0 Å². The van der Waals surface area contributed by atoms with Crippen molar-refractivity contribution in [1.82, 2.24) is 4.98 Å². The van der Waals surface area contributed by atoms with E-state index in [2.05, 4.69) is 33.9 Å². The molecule has 1 aromatic rings. The number of aromatic nitrogens is 1. The molecule has 0 aliphatic carbocycles. The van der Waals surface area contributed by atoms with Crippen molar-refractivity contribution in [3.05, 3.63) is 28.5 Å². The molecule has 0 fully saturated rings. The summed E-state index contributed by atoms with van der Waals surface area (Å²) in [6.45, 7) is 2.97. The predicted octanol–water partition coefficient (Wildman–Crippen LogP) is 2.37. The Balaban J connectivity index is 2.49. The molecule has 0 bridgehead atoms. The van der Waals surface area contributed by atoms with Crippen LogP contribution in [-0.4, -0.2) is 11.5 Å². The molecule has 0 radical (unpaired) electrons. The van der Waals surface area contributed by atoms with E-state index in [9.17, 15) is 0 Å². The SMILES string of the molecule is CC(CCN)Cc1ccc(Br)cn1. The number of hydrogen-bond acceptors (Lipinski definition) is 2. The summed E-state index contributed by atoms with van der Waals surface area (Å²) in [6.07, 6.45) is 3.92. The van der Waals surface area contributed by atoms with Gasteiger partial charge < -0.3 is 5.73 Å². The highest BCUT2D eigenvalue weighted by molar-refractivity contribution is 9.10. The first-order valence-electron chi connectivity index (χ1n) is 4.53. The average Bonchev–Trinajstić information content (AvgIpc) is 2.09. The maximum Gasteiger partial charge on any atom is 0.0413 e. The van der Waals surface area contributed by atoms with E-state index in [1.807, 2.05) is 12.3 Å². The molecule has 1 aromatic heterocycles. The lowest BCUT2D eigenvalue weighted by Gasteiger charge is -2.08. The fourth-order valence-corrected chi connectivity index (χ4v) is 1.51. The van der Waals surface area contributed by atoms with Gasteiger partial charge in [-0.1, -0.05) is 6.92 Å². The molecule has 0 saturated carbocycles. The van der Waals surface area contributed by atoms with Gasteiger partial charge in [0.1, 0.15) is 0 Å². The average molecular weight is 243 g/mol. The van der Waals surface area contributed by atoms with E-state index in [-0.39, 0.29) is 0 Å².